The van der Waals surface area contributed by atoms with Crippen LogP contribution in [0.2, 0.25) is 0 Å². The fourth-order valence-electron chi connectivity index (χ4n) is 2.13. The van der Waals surface area contributed by atoms with E-state index in [1.54, 1.807) is 0 Å². The Morgan fingerprint density at radius 3 is 2.42 bits per heavy atom. The van der Waals surface area contributed by atoms with Crippen LogP contribution in [0.5, 0.6) is 0 Å². The predicted octanol–water partition coefficient (Wildman–Crippen LogP) is 4.10. The van der Waals surface area contributed by atoms with Crippen molar-refractivity contribution in [1.29, 1.82) is 0 Å². The molecule has 19 heavy (non-hydrogen) atoms. The van der Waals surface area contributed by atoms with Crippen molar-refractivity contribution in [2.75, 3.05) is 6.54 Å². The molecule has 0 aliphatic rings. The standard InChI is InChI=1S/C17H21NS/c1-13-5-3-4-6-16(13)12-19-17-8-7-15(9-10-18)14(2)11-17/h3-8,11H,9-10,12,18H2,1-2H3. The van der Waals surface area contributed by atoms with Gasteiger partial charge in [-0.3, -0.25) is 0 Å². The molecule has 2 N–H and O–H groups in total. The fraction of sp³-hybridized carbons (Fsp3) is 0.294. The van der Waals surface area contributed by atoms with Crippen molar-refractivity contribution in [2.45, 2.75) is 30.9 Å². The highest BCUT2D eigenvalue weighted by atomic mass is 32.2. The number of benzene rings is 2. The minimum absolute atomic E-state index is 0.719. The van der Waals surface area contributed by atoms with Gasteiger partial charge in [0.1, 0.15) is 0 Å². The fourth-order valence-corrected chi connectivity index (χ4v) is 3.20. The van der Waals surface area contributed by atoms with Crippen molar-refractivity contribution < 1.29 is 0 Å². The summed E-state index contributed by atoms with van der Waals surface area (Å²) in [6.07, 6.45) is 0.967. The van der Waals surface area contributed by atoms with Crippen molar-refractivity contribution in [3.05, 3.63) is 64.7 Å². The van der Waals surface area contributed by atoms with Crippen LogP contribution in [0.25, 0.3) is 0 Å². The van der Waals surface area contributed by atoms with Gasteiger partial charge in [0, 0.05) is 10.6 Å². The van der Waals surface area contributed by atoms with Crippen LogP contribution in [-0.4, -0.2) is 6.54 Å². The third-order valence-corrected chi connectivity index (χ3v) is 4.43. The lowest BCUT2D eigenvalue weighted by Gasteiger charge is -2.09. The Morgan fingerprint density at radius 2 is 1.74 bits per heavy atom. The van der Waals surface area contributed by atoms with Crippen molar-refractivity contribution in [2.24, 2.45) is 5.73 Å². The molecule has 100 valence electrons. The summed E-state index contributed by atoms with van der Waals surface area (Å²) in [5.41, 5.74) is 11.1. The summed E-state index contributed by atoms with van der Waals surface area (Å²) in [5, 5.41) is 0. The maximum Gasteiger partial charge on any atom is 0.0234 e. The van der Waals surface area contributed by atoms with Crippen LogP contribution in [0.1, 0.15) is 22.3 Å². The third kappa shape index (κ3) is 3.85. The molecule has 0 spiro atoms. The van der Waals surface area contributed by atoms with Gasteiger partial charge in [-0.15, -0.1) is 11.8 Å². The van der Waals surface area contributed by atoms with Crippen molar-refractivity contribution in [3.63, 3.8) is 0 Å². The number of aryl methyl sites for hydroxylation is 2. The van der Waals surface area contributed by atoms with Crippen LogP contribution >= 0.6 is 11.8 Å². The zero-order valence-electron chi connectivity index (χ0n) is 11.6. The summed E-state index contributed by atoms with van der Waals surface area (Å²) in [7, 11) is 0. The second-order valence-corrected chi connectivity index (χ2v) is 5.89. The number of hydrogen-bond donors (Lipinski definition) is 1. The SMILES string of the molecule is Cc1cc(SCc2ccccc2C)ccc1CCN. The molecule has 0 heterocycles. The lowest BCUT2D eigenvalue weighted by Crippen LogP contribution is -2.03. The first-order valence-electron chi connectivity index (χ1n) is 6.67. The first-order chi connectivity index (χ1) is 9.20. The molecule has 2 heteroatoms. The largest absolute Gasteiger partial charge is 0.330 e. The smallest absolute Gasteiger partial charge is 0.0234 e. The highest BCUT2D eigenvalue weighted by Gasteiger charge is 2.02. The van der Waals surface area contributed by atoms with E-state index < -0.39 is 0 Å². The highest BCUT2D eigenvalue weighted by Crippen LogP contribution is 2.26. The van der Waals surface area contributed by atoms with E-state index in [1.807, 2.05) is 11.8 Å². The van der Waals surface area contributed by atoms with Gasteiger partial charge >= 0.3 is 0 Å². The summed E-state index contributed by atoms with van der Waals surface area (Å²) in [6, 6.07) is 15.3. The molecule has 0 saturated heterocycles. The minimum Gasteiger partial charge on any atom is -0.330 e. The lowest BCUT2D eigenvalue weighted by molar-refractivity contribution is 0.954. The first-order valence-corrected chi connectivity index (χ1v) is 7.66. The van der Waals surface area contributed by atoms with E-state index in [2.05, 4.69) is 56.3 Å². The van der Waals surface area contributed by atoms with Crippen LogP contribution in [0, 0.1) is 13.8 Å². The molecule has 0 aliphatic carbocycles. The van der Waals surface area contributed by atoms with E-state index in [4.69, 9.17) is 5.73 Å². The number of nitrogens with two attached hydrogens (primary N) is 1. The first kappa shape index (κ1) is 14.2. The molecular formula is C17H21NS. The quantitative estimate of drug-likeness (QED) is 0.829. The van der Waals surface area contributed by atoms with Crippen molar-refractivity contribution in [1.82, 2.24) is 0 Å². The monoisotopic (exact) mass is 271 g/mol. The van der Waals surface area contributed by atoms with Gasteiger partial charge in [0.15, 0.2) is 0 Å². The summed E-state index contributed by atoms with van der Waals surface area (Å²) in [5.74, 6) is 1.03. The van der Waals surface area contributed by atoms with Crippen molar-refractivity contribution in [3.8, 4) is 0 Å². The Morgan fingerprint density at radius 1 is 0.947 bits per heavy atom. The van der Waals surface area contributed by atoms with E-state index in [0.29, 0.717) is 0 Å². The Labute approximate surface area is 120 Å². The van der Waals surface area contributed by atoms with Crippen LogP contribution in [0.3, 0.4) is 0 Å². The maximum atomic E-state index is 5.61. The van der Waals surface area contributed by atoms with Gasteiger partial charge in [-0.1, -0.05) is 30.3 Å². The minimum atomic E-state index is 0.719. The average Bonchev–Trinajstić information content (AvgIpc) is 2.41. The lowest BCUT2D eigenvalue weighted by atomic mass is 10.1. The van der Waals surface area contributed by atoms with Crippen LogP contribution in [0.15, 0.2) is 47.4 Å². The van der Waals surface area contributed by atoms with Gasteiger partial charge in [-0.2, -0.15) is 0 Å². The van der Waals surface area contributed by atoms with Crippen LogP contribution in [0.4, 0.5) is 0 Å². The molecule has 0 radical (unpaired) electrons. The highest BCUT2D eigenvalue weighted by molar-refractivity contribution is 7.98. The number of hydrogen-bond acceptors (Lipinski definition) is 2. The predicted molar refractivity (Wildman–Crippen MR) is 84.7 cm³/mol. The zero-order valence-corrected chi connectivity index (χ0v) is 12.5. The summed E-state index contributed by atoms with van der Waals surface area (Å²) in [6.45, 7) is 5.06. The van der Waals surface area contributed by atoms with E-state index in [0.717, 1.165) is 18.7 Å². The summed E-state index contributed by atoms with van der Waals surface area (Å²) < 4.78 is 0. The van der Waals surface area contributed by atoms with E-state index >= 15 is 0 Å². The number of thioether (sulfide) groups is 1. The molecular weight excluding hydrogens is 250 g/mol. The van der Waals surface area contributed by atoms with Gasteiger partial charge < -0.3 is 5.73 Å². The molecule has 1 nitrogen and oxygen atoms in total. The molecule has 0 fully saturated rings. The van der Waals surface area contributed by atoms with Gasteiger partial charge in [-0.25, -0.2) is 0 Å². The maximum absolute atomic E-state index is 5.61. The summed E-state index contributed by atoms with van der Waals surface area (Å²) >= 11 is 1.90. The molecule has 0 amide bonds. The molecule has 2 aromatic carbocycles. The van der Waals surface area contributed by atoms with Gasteiger partial charge in [0.2, 0.25) is 0 Å². The second-order valence-electron chi connectivity index (χ2n) is 4.84. The molecule has 0 bridgehead atoms. The van der Waals surface area contributed by atoms with Gasteiger partial charge in [0.25, 0.3) is 0 Å². The Balaban J connectivity index is 2.04. The van der Waals surface area contributed by atoms with E-state index in [9.17, 15) is 0 Å². The topological polar surface area (TPSA) is 26.0 Å². The molecule has 2 rings (SSSR count). The number of rotatable bonds is 5. The molecule has 0 atom stereocenters. The van der Waals surface area contributed by atoms with Gasteiger partial charge in [0.05, 0.1) is 0 Å². The van der Waals surface area contributed by atoms with Crippen molar-refractivity contribution >= 4 is 11.8 Å². The molecule has 0 unspecified atom stereocenters. The Bertz CT molecular complexity index is 549. The van der Waals surface area contributed by atoms with E-state index in [-0.39, 0.29) is 0 Å². The zero-order chi connectivity index (χ0) is 13.7. The second kappa shape index (κ2) is 6.78. The molecule has 2 aromatic rings. The molecule has 0 aromatic heterocycles. The Hall–Kier alpha value is -1.25. The summed E-state index contributed by atoms with van der Waals surface area (Å²) in [4.78, 5) is 1.33. The molecule has 0 saturated carbocycles. The molecule has 0 aliphatic heterocycles. The van der Waals surface area contributed by atoms with Gasteiger partial charge in [-0.05, 0) is 61.2 Å². The Kier molecular flexibility index (Phi) is 5.06. The average molecular weight is 271 g/mol. The van der Waals surface area contributed by atoms with Crippen LogP contribution in [-0.2, 0) is 12.2 Å². The normalized spacial score (nSPS) is 10.7. The van der Waals surface area contributed by atoms with Crippen LogP contribution < -0.4 is 5.73 Å². The van der Waals surface area contributed by atoms with E-state index in [1.165, 1.54) is 27.1 Å². The third-order valence-electron chi connectivity index (χ3n) is 3.38.